The predicted molar refractivity (Wildman–Crippen MR) is 72.2 cm³/mol. The number of nitrogens with one attached hydrogen (secondary N) is 1. The minimum atomic E-state index is -4.33. The SMILES string of the molecule is CNC(c1cnccc1C(F)(F)F)C1CCCC(C)C1. The van der Waals surface area contributed by atoms with E-state index < -0.39 is 11.7 Å². The van der Waals surface area contributed by atoms with E-state index in [2.05, 4.69) is 17.2 Å². The van der Waals surface area contributed by atoms with Crippen molar-refractivity contribution in [2.45, 2.75) is 44.8 Å². The number of aromatic nitrogens is 1. The number of hydrogen-bond acceptors (Lipinski definition) is 2. The first-order chi connectivity index (χ1) is 9.43. The van der Waals surface area contributed by atoms with E-state index in [1.165, 1.54) is 18.8 Å². The van der Waals surface area contributed by atoms with E-state index in [1.54, 1.807) is 7.05 Å². The zero-order valence-electron chi connectivity index (χ0n) is 11.9. The van der Waals surface area contributed by atoms with Gasteiger partial charge in [-0.3, -0.25) is 4.98 Å². The van der Waals surface area contributed by atoms with Crippen LogP contribution in [0.5, 0.6) is 0 Å². The topological polar surface area (TPSA) is 24.9 Å². The smallest absolute Gasteiger partial charge is 0.313 e. The summed E-state index contributed by atoms with van der Waals surface area (Å²) in [6.07, 6.45) is 2.46. The Morgan fingerprint density at radius 1 is 1.35 bits per heavy atom. The van der Waals surface area contributed by atoms with Crippen molar-refractivity contribution in [3.05, 3.63) is 29.6 Å². The first kappa shape index (κ1) is 15.3. The predicted octanol–water partition coefficient (Wildman–Crippen LogP) is 4.19. The second-order valence-corrected chi connectivity index (χ2v) is 5.76. The third-order valence-corrected chi connectivity index (χ3v) is 4.25. The molecule has 3 unspecified atom stereocenters. The van der Waals surface area contributed by atoms with E-state index >= 15 is 0 Å². The molecule has 5 heteroatoms. The van der Waals surface area contributed by atoms with Gasteiger partial charge in [0.05, 0.1) is 5.56 Å². The number of nitrogens with zero attached hydrogens (tertiary/aromatic N) is 1. The normalized spacial score (nSPS) is 25.4. The van der Waals surface area contributed by atoms with Crippen LogP contribution in [0.4, 0.5) is 13.2 Å². The van der Waals surface area contributed by atoms with Crippen molar-refractivity contribution in [1.82, 2.24) is 10.3 Å². The van der Waals surface area contributed by atoms with E-state index in [-0.39, 0.29) is 17.5 Å². The molecule has 0 amide bonds. The fourth-order valence-corrected chi connectivity index (χ4v) is 3.34. The number of rotatable bonds is 3. The molecule has 1 heterocycles. The maximum Gasteiger partial charge on any atom is 0.416 e. The molecule has 0 aliphatic heterocycles. The molecular formula is C15H21F3N2. The van der Waals surface area contributed by atoms with Gasteiger partial charge in [0, 0.05) is 18.4 Å². The Balaban J connectivity index is 2.32. The van der Waals surface area contributed by atoms with Crippen LogP contribution in [0.25, 0.3) is 0 Å². The van der Waals surface area contributed by atoms with Gasteiger partial charge in [-0.05, 0) is 43.4 Å². The van der Waals surface area contributed by atoms with Crippen LogP contribution in [-0.2, 0) is 6.18 Å². The summed E-state index contributed by atoms with van der Waals surface area (Å²) in [4.78, 5) is 3.90. The van der Waals surface area contributed by atoms with Gasteiger partial charge in [-0.2, -0.15) is 13.2 Å². The highest BCUT2D eigenvalue weighted by atomic mass is 19.4. The molecule has 2 nitrogen and oxygen atoms in total. The Labute approximate surface area is 117 Å². The zero-order chi connectivity index (χ0) is 14.8. The summed E-state index contributed by atoms with van der Waals surface area (Å²) in [7, 11) is 1.73. The first-order valence-electron chi connectivity index (χ1n) is 7.12. The second kappa shape index (κ2) is 6.12. The molecule has 0 saturated heterocycles. The molecule has 1 saturated carbocycles. The molecule has 1 aromatic rings. The van der Waals surface area contributed by atoms with Crippen molar-refractivity contribution < 1.29 is 13.2 Å². The standard InChI is InChI=1S/C15H21F3N2/c1-10-4-3-5-11(8-10)14(19-2)12-9-20-7-6-13(12)15(16,17)18/h6-7,9-11,14,19H,3-5,8H2,1-2H3. The van der Waals surface area contributed by atoms with E-state index in [9.17, 15) is 13.2 Å². The van der Waals surface area contributed by atoms with E-state index in [4.69, 9.17) is 0 Å². The van der Waals surface area contributed by atoms with Gasteiger partial charge in [-0.1, -0.05) is 19.8 Å². The van der Waals surface area contributed by atoms with Crippen molar-refractivity contribution >= 4 is 0 Å². The lowest BCUT2D eigenvalue weighted by Crippen LogP contribution is -2.31. The van der Waals surface area contributed by atoms with Crippen molar-refractivity contribution in [3.63, 3.8) is 0 Å². The van der Waals surface area contributed by atoms with Crippen LogP contribution < -0.4 is 5.32 Å². The quantitative estimate of drug-likeness (QED) is 0.901. The molecule has 1 aliphatic carbocycles. The summed E-state index contributed by atoms with van der Waals surface area (Å²) in [6.45, 7) is 2.17. The molecule has 1 fully saturated rings. The molecule has 0 spiro atoms. The van der Waals surface area contributed by atoms with E-state index in [0.717, 1.165) is 25.3 Å². The van der Waals surface area contributed by atoms with Crippen LogP contribution >= 0.6 is 0 Å². The Kier molecular flexibility index (Phi) is 4.68. The number of alkyl halides is 3. The Morgan fingerprint density at radius 3 is 2.70 bits per heavy atom. The molecule has 20 heavy (non-hydrogen) atoms. The lowest BCUT2D eigenvalue weighted by Gasteiger charge is -2.34. The maximum absolute atomic E-state index is 13.1. The van der Waals surface area contributed by atoms with Crippen LogP contribution in [0.15, 0.2) is 18.5 Å². The van der Waals surface area contributed by atoms with Crippen LogP contribution in [0.2, 0.25) is 0 Å². The molecule has 0 bridgehead atoms. The number of pyridine rings is 1. The number of halogens is 3. The highest BCUT2D eigenvalue weighted by molar-refractivity contribution is 5.30. The molecule has 0 aromatic carbocycles. The molecule has 112 valence electrons. The summed E-state index contributed by atoms with van der Waals surface area (Å²) in [5.41, 5.74) is -0.285. The minimum Gasteiger partial charge on any atom is -0.313 e. The highest BCUT2D eigenvalue weighted by Crippen LogP contribution is 2.41. The van der Waals surface area contributed by atoms with Gasteiger partial charge in [-0.15, -0.1) is 0 Å². The second-order valence-electron chi connectivity index (χ2n) is 5.76. The summed E-state index contributed by atoms with van der Waals surface area (Å²) in [5, 5.41) is 3.08. The minimum absolute atomic E-state index is 0.244. The molecule has 0 radical (unpaired) electrons. The zero-order valence-corrected chi connectivity index (χ0v) is 11.9. The third kappa shape index (κ3) is 3.32. The van der Waals surface area contributed by atoms with Gasteiger partial charge >= 0.3 is 6.18 Å². The Bertz CT molecular complexity index is 445. The molecule has 2 rings (SSSR count). The van der Waals surface area contributed by atoms with Crippen molar-refractivity contribution in [3.8, 4) is 0 Å². The van der Waals surface area contributed by atoms with Crippen molar-refractivity contribution in [2.75, 3.05) is 7.05 Å². The summed E-state index contributed by atoms with van der Waals surface area (Å²) < 4.78 is 39.4. The van der Waals surface area contributed by atoms with Gasteiger partial charge in [0.2, 0.25) is 0 Å². The highest BCUT2D eigenvalue weighted by Gasteiger charge is 2.37. The first-order valence-corrected chi connectivity index (χ1v) is 7.12. The van der Waals surface area contributed by atoms with E-state index in [0.29, 0.717) is 5.92 Å². The van der Waals surface area contributed by atoms with Crippen molar-refractivity contribution in [1.29, 1.82) is 0 Å². The molecule has 1 aliphatic rings. The van der Waals surface area contributed by atoms with Crippen LogP contribution in [0.3, 0.4) is 0 Å². The average Bonchev–Trinajstić information content (AvgIpc) is 2.39. The van der Waals surface area contributed by atoms with Crippen LogP contribution in [0.1, 0.15) is 49.8 Å². The summed E-state index contributed by atoms with van der Waals surface area (Å²) in [5.74, 6) is 0.824. The summed E-state index contributed by atoms with van der Waals surface area (Å²) >= 11 is 0. The van der Waals surface area contributed by atoms with Gasteiger partial charge in [0.1, 0.15) is 0 Å². The molecular weight excluding hydrogens is 265 g/mol. The van der Waals surface area contributed by atoms with Gasteiger partial charge in [-0.25, -0.2) is 0 Å². The van der Waals surface area contributed by atoms with Crippen LogP contribution in [0, 0.1) is 11.8 Å². The van der Waals surface area contributed by atoms with E-state index in [1.807, 2.05) is 0 Å². The van der Waals surface area contributed by atoms with Crippen molar-refractivity contribution in [2.24, 2.45) is 11.8 Å². The van der Waals surface area contributed by atoms with Crippen LogP contribution in [-0.4, -0.2) is 12.0 Å². The molecule has 3 atom stereocenters. The lowest BCUT2D eigenvalue weighted by molar-refractivity contribution is -0.138. The lowest BCUT2D eigenvalue weighted by atomic mass is 9.76. The van der Waals surface area contributed by atoms with Gasteiger partial charge < -0.3 is 5.32 Å². The monoisotopic (exact) mass is 286 g/mol. The summed E-state index contributed by atoms with van der Waals surface area (Å²) in [6, 6.07) is 0.800. The third-order valence-electron chi connectivity index (χ3n) is 4.25. The fourth-order valence-electron chi connectivity index (χ4n) is 3.34. The largest absolute Gasteiger partial charge is 0.416 e. The molecule has 1 aromatic heterocycles. The van der Waals surface area contributed by atoms with Gasteiger partial charge in [0.25, 0.3) is 0 Å². The number of hydrogen-bond donors (Lipinski definition) is 1. The average molecular weight is 286 g/mol. The fraction of sp³-hybridized carbons (Fsp3) is 0.667. The molecule has 1 N–H and O–H groups in total. The maximum atomic E-state index is 13.1. The van der Waals surface area contributed by atoms with Gasteiger partial charge in [0.15, 0.2) is 0 Å². The Morgan fingerprint density at radius 2 is 2.10 bits per heavy atom. The Hall–Kier alpha value is -1.10.